The molecule has 0 aromatic heterocycles. The third-order valence-corrected chi connectivity index (χ3v) is 3.09. The summed E-state index contributed by atoms with van der Waals surface area (Å²) in [5.41, 5.74) is -0.510. The van der Waals surface area contributed by atoms with Crippen LogP contribution in [0.1, 0.15) is 33.1 Å². The molecule has 1 unspecified atom stereocenters. The van der Waals surface area contributed by atoms with Crippen LogP contribution in [-0.4, -0.2) is 29.5 Å². The maximum Gasteiger partial charge on any atom is 0.260 e. The molecular weight excluding hydrogens is 184 g/mol. The van der Waals surface area contributed by atoms with Crippen LogP contribution < -0.4 is 0 Å². The Labute approximate surface area is 84.5 Å². The first-order valence-electron chi connectivity index (χ1n) is 5.04. The molecule has 1 nitrogen and oxygen atoms in total. The van der Waals surface area contributed by atoms with Gasteiger partial charge in [0.25, 0.3) is 5.92 Å². The molecule has 0 N–H and O–H groups in total. The van der Waals surface area contributed by atoms with Crippen LogP contribution in [0.4, 0.5) is 8.78 Å². The highest BCUT2D eigenvalue weighted by molar-refractivity contribution is 5.11. The fourth-order valence-electron chi connectivity index (χ4n) is 1.80. The molecule has 14 heavy (non-hydrogen) atoms. The van der Waals surface area contributed by atoms with E-state index in [-0.39, 0.29) is 13.0 Å². The average Bonchev–Trinajstić information content (AvgIpc) is 2.15. The topological polar surface area (TPSA) is 3.24 Å². The Morgan fingerprint density at radius 3 is 2.64 bits per heavy atom. The minimum Gasteiger partial charge on any atom is -0.282 e. The summed E-state index contributed by atoms with van der Waals surface area (Å²) in [7, 11) is 0. The Morgan fingerprint density at radius 1 is 1.57 bits per heavy atom. The molecule has 0 aliphatic carbocycles. The second-order valence-corrected chi connectivity index (χ2v) is 4.15. The summed E-state index contributed by atoms with van der Waals surface area (Å²) in [6.07, 6.45) is 6.63. The van der Waals surface area contributed by atoms with E-state index in [4.69, 9.17) is 6.42 Å². The van der Waals surface area contributed by atoms with Gasteiger partial charge in [-0.05, 0) is 19.8 Å². The van der Waals surface area contributed by atoms with Gasteiger partial charge in [0.2, 0.25) is 0 Å². The second kappa shape index (κ2) is 3.86. The number of terminal acetylenes is 1. The predicted octanol–water partition coefficient (Wildman–Crippen LogP) is 2.52. The molecule has 1 rings (SSSR count). The van der Waals surface area contributed by atoms with Crippen molar-refractivity contribution in [2.45, 2.75) is 44.6 Å². The monoisotopic (exact) mass is 201 g/mol. The summed E-state index contributed by atoms with van der Waals surface area (Å²) in [5.74, 6) is 0.0642. The Morgan fingerprint density at radius 2 is 2.21 bits per heavy atom. The van der Waals surface area contributed by atoms with E-state index < -0.39 is 11.5 Å². The largest absolute Gasteiger partial charge is 0.282 e. The molecule has 0 spiro atoms. The summed E-state index contributed by atoms with van der Waals surface area (Å²) >= 11 is 0. The van der Waals surface area contributed by atoms with Crippen LogP contribution in [0, 0.1) is 12.3 Å². The van der Waals surface area contributed by atoms with Gasteiger partial charge in [0, 0.05) is 13.0 Å². The van der Waals surface area contributed by atoms with Gasteiger partial charge in [-0.2, -0.15) is 0 Å². The number of piperidine rings is 1. The van der Waals surface area contributed by atoms with Crippen LogP contribution in [0.25, 0.3) is 0 Å². The van der Waals surface area contributed by atoms with Crippen molar-refractivity contribution in [2.24, 2.45) is 0 Å². The number of alkyl halides is 2. The van der Waals surface area contributed by atoms with E-state index in [1.165, 1.54) is 0 Å². The number of hydrogen-bond acceptors (Lipinski definition) is 1. The van der Waals surface area contributed by atoms with E-state index in [0.29, 0.717) is 19.4 Å². The van der Waals surface area contributed by atoms with E-state index in [1.807, 2.05) is 13.8 Å². The Balaban J connectivity index is 2.74. The zero-order chi connectivity index (χ0) is 10.8. The van der Waals surface area contributed by atoms with Crippen molar-refractivity contribution in [3.8, 4) is 12.3 Å². The number of rotatable bonds is 2. The Hall–Kier alpha value is -0.620. The first kappa shape index (κ1) is 11.5. The van der Waals surface area contributed by atoms with Crippen LogP contribution in [0.5, 0.6) is 0 Å². The highest BCUT2D eigenvalue weighted by Crippen LogP contribution is 2.31. The van der Waals surface area contributed by atoms with Gasteiger partial charge in [0.1, 0.15) is 0 Å². The van der Waals surface area contributed by atoms with Gasteiger partial charge in [-0.3, -0.25) is 4.90 Å². The van der Waals surface area contributed by atoms with E-state index in [2.05, 4.69) is 5.92 Å². The average molecular weight is 201 g/mol. The lowest BCUT2D eigenvalue weighted by Crippen LogP contribution is -2.53. The van der Waals surface area contributed by atoms with Crippen LogP contribution in [0.2, 0.25) is 0 Å². The SMILES string of the molecule is C#CC(C)(CC)N1CCCC(F)(F)C1. The van der Waals surface area contributed by atoms with Gasteiger partial charge in [-0.25, -0.2) is 8.78 Å². The smallest absolute Gasteiger partial charge is 0.260 e. The Kier molecular flexibility index (Phi) is 3.16. The lowest BCUT2D eigenvalue weighted by atomic mass is 9.93. The normalized spacial score (nSPS) is 26.5. The molecule has 1 aliphatic heterocycles. The fourth-order valence-corrected chi connectivity index (χ4v) is 1.80. The van der Waals surface area contributed by atoms with Crippen molar-refractivity contribution in [1.82, 2.24) is 4.90 Å². The minimum absolute atomic E-state index is 0.00609. The number of likely N-dealkylation sites (tertiary alicyclic amines) is 1. The molecule has 1 saturated heterocycles. The van der Waals surface area contributed by atoms with Crippen LogP contribution >= 0.6 is 0 Å². The maximum absolute atomic E-state index is 13.1. The zero-order valence-corrected chi connectivity index (χ0v) is 8.82. The van der Waals surface area contributed by atoms with Gasteiger partial charge in [-0.15, -0.1) is 6.42 Å². The number of halogens is 2. The summed E-state index contributed by atoms with van der Waals surface area (Å²) < 4.78 is 26.3. The molecule has 0 saturated carbocycles. The molecule has 1 fully saturated rings. The van der Waals surface area contributed by atoms with Gasteiger partial charge in [0.05, 0.1) is 12.1 Å². The fraction of sp³-hybridized carbons (Fsp3) is 0.818. The number of nitrogens with zero attached hydrogens (tertiary/aromatic N) is 1. The highest BCUT2D eigenvalue weighted by atomic mass is 19.3. The second-order valence-electron chi connectivity index (χ2n) is 4.15. The molecule has 0 aromatic carbocycles. The molecule has 1 aliphatic rings. The molecule has 1 atom stereocenters. The standard InChI is InChI=1S/C11H17F2N/c1-4-10(3,5-2)14-8-6-7-11(12,13)9-14/h1H,5-9H2,2-3H3. The maximum atomic E-state index is 13.1. The van der Waals surface area contributed by atoms with Crippen LogP contribution in [0.15, 0.2) is 0 Å². The van der Waals surface area contributed by atoms with E-state index in [9.17, 15) is 8.78 Å². The van der Waals surface area contributed by atoms with Gasteiger partial charge in [-0.1, -0.05) is 12.8 Å². The minimum atomic E-state index is -2.56. The lowest BCUT2D eigenvalue weighted by Gasteiger charge is -2.42. The zero-order valence-electron chi connectivity index (χ0n) is 8.82. The third-order valence-electron chi connectivity index (χ3n) is 3.09. The molecule has 0 aromatic rings. The van der Waals surface area contributed by atoms with Crippen molar-refractivity contribution in [1.29, 1.82) is 0 Å². The number of hydrogen-bond donors (Lipinski definition) is 0. The first-order chi connectivity index (χ1) is 6.43. The van der Waals surface area contributed by atoms with Crippen molar-refractivity contribution in [3.63, 3.8) is 0 Å². The summed E-state index contributed by atoms with van der Waals surface area (Å²) in [4.78, 5) is 1.73. The molecule has 80 valence electrons. The quantitative estimate of drug-likeness (QED) is 0.620. The van der Waals surface area contributed by atoms with E-state index in [0.717, 1.165) is 0 Å². The van der Waals surface area contributed by atoms with Crippen molar-refractivity contribution >= 4 is 0 Å². The summed E-state index contributed by atoms with van der Waals surface area (Å²) in [5, 5.41) is 0. The third kappa shape index (κ3) is 2.24. The van der Waals surface area contributed by atoms with Crippen molar-refractivity contribution in [3.05, 3.63) is 0 Å². The molecule has 1 heterocycles. The van der Waals surface area contributed by atoms with Crippen LogP contribution in [-0.2, 0) is 0 Å². The molecule has 0 bridgehead atoms. The van der Waals surface area contributed by atoms with Crippen molar-refractivity contribution < 1.29 is 8.78 Å². The summed E-state index contributed by atoms with van der Waals surface area (Å²) in [6, 6.07) is 0. The first-order valence-corrected chi connectivity index (χ1v) is 5.04. The molecule has 3 heteroatoms. The summed E-state index contributed by atoms with van der Waals surface area (Å²) in [6.45, 7) is 4.28. The molecule has 0 radical (unpaired) electrons. The predicted molar refractivity (Wildman–Crippen MR) is 53.3 cm³/mol. The molecular formula is C11H17F2N. The lowest BCUT2D eigenvalue weighted by molar-refractivity contribution is -0.0831. The van der Waals surface area contributed by atoms with Crippen molar-refractivity contribution in [2.75, 3.05) is 13.1 Å². The molecule has 0 amide bonds. The highest BCUT2D eigenvalue weighted by Gasteiger charge is 2.40. The van der Waals surface area contributed by atoms with Crippen LogP contribution in [0.3, 0.4) is 0 Å². The van der Waals surface area contributed by atoms with Gasteiger partial charge >= 0.3 is 0 Å². The Bertz CT molecular complexity index is 244. The van der Waals surface area contributed by atoms with E-state index in [1.54, 1.807) is 4.90 Å². The van der Waals surface area contributed by atoms with Gasteiger partial charge in [0.15, 0.2) is 0 Å². The van der Waals surface area contributed by atoms with Gasteiger partial charge < -0.3 is 0 Å². The van der Waals surface area contributed by atoms with E-state index >= 15 is 0 Å².